The van der Waals surface area contributed by atoms with Gasteiger partial charge in [-0.15, -0.1) is 0 Å². The molecule has 4 heterocycles. The molecule has 10 nitrogen and oxygen atoms in total. The third-order valence-electron chi connectivity index (χ3n) is 5.07. The molecule has 4 rings (SSSR count). The van der Waals surface area contributed by atoms with Gasteiger partial charge in [0.05, 0.1) is 25.0 Å². The Kier molecular flexibility index (Phi) is 5.89. The monoisotopic (exact) mass is 391 g/mol. The summed E-state index contributed by atoms with van der Waals surface area (Å²) >= 11 is 0. The molecule has 0 amide bonds. The number of morpholine rings is 1. The largest absolute Gasteiger partial charge is 0.508 e. The highest BCUT2D eigenvalue weighted by molar-refractivity contribution is 5.65. The molecule has 0 saturated carbocycles. The second kappa shape index (κ2) is 8.72. The molecule has 10 heteroatoms. The molecule has 0 spiro atoms. The summed E-state index contributed by atoms with van der Waals surface area (Å²) in [7, 11) is 0. The van der Waals surface area contributed by atoms with Gasteiger partial charge in [-0.05, 0) is 25.0 Å². The average molecular weight is 391 g/mol. The highest BCUT2D eigenvalue weighted by Crippen LogP contribution is 2.33. The van der Waals surface area contributed by atoms with E-state index in [0.717, 1.165) is 50.4 Å². The third-order valence-corrected chi connectivity index (χ3v) is 5.07. The van der Waals surface area contributed by atoms with Crippen LogP contribution in [0.1, 0.15) is 24.6 Å². The lowest BCUT2D eigenvalue weighted by atomic mass is 10.1. The van der Waals surface area contributed by atoms with Crippen molar-refractivity contribution in [1.82, 2.24) is 19.5 Å². The molecular formula is C18H25N5O5. The second-order valence-electron chi connectivity index (χ2n) is 6.89. The zero-order valence-corrected chi connectivity index (χ0v) is 15.7. The van der Waals surface area contributed by atoms with Crippen LogP contribution in [0, 0.1) is 0 Å². The van der Waals surface area contributed by atoms with Gasteiger partial charge < -0.3 is 24.7 Å². The molecule has 2 unspecified atom stereocenters. The normalized spacial score (nSPS) is 23.1. The maximum absolute atomic E-state index is 11.8. The summed E-state index contributed by atoms with van der Waals surface area (Å²) in [6, 6.07) is 3.82. The Morgan fingerprint density at radius 3 is 2.96 bits per heavy atom. The maximum Gasteiger partial charge on any atom is 0.508 e. The molecule has 2 fully saturated rings. The molecule has 2 aromatic rings. The predicted molar refractivity (Wildman–Crippen MR) is 98.8 cm³/mol. The summed E-state index contributed by atoms with van der Waals surface area (Å²) < 4.78 is 23.4. The van der Waals surface area contributed by atoms with Gasteiger partial charge in [0, 0.05) is 19.6 Å². The van der Waals surface area contributed by atoms with E-state index in [0.29, 0.717) is 19.0 Å². The van der Waals surface area contributed by atoms with E-state index < -0.39 is 6.16 Å². The summed E-state index contributed by atoms with van der Waals surface area (Å²) in [6.45, 7) is 4.34. The SMILES string of the molecule is Nc1ncnn2c(C3CCC(COC(=O)OCCN4CCOCC4)O3)ccc12. The van der Waals surface area contributed by atoms with Gasteiger partial charge in [-0.3, -0.25) is 4.90 Å². The van der Waals surface area contributed by atoms with Gasteiger partial charge >= 0.3 is 6.16 Å². The van der Waals surface area contributed by atoms with Crippen LogP contribution < -0.4 is 5.73 Å². The number of nitrogen functional groups attached to an aromatic ring is 1. The number of rotatable bonds is 6. The fraction of sp³-hybridized carbons (Fsp3) is 0.611. The first kappa shape index (κ1) is 18.9. The Hall–Kier alpha value is -2.43. The Bertz CT molecular complexity index is 807. The van der Waals surface area contributed by atoms with Gasteiger partial charge in [0.15, 0.2) is 5.82 Å². The van der Waals surface area contributed by atoms with Gasteiger partial charge in [0.1, 0.15) is 31.2 Å². The van der Waals surface area contributed by atoms with E-state index in [9.17, 15) is 4.79 Å². The number of carbonyl (C=O) groups is 1. The molecule has 0 aliphatic carbocycles. The molecular weight excluding hydrogens is 366 g/mol. The Morgan fingerprint density at radius 2 is 2.11 bits per heavy atom. The van der Waals surface area contributed by atoms with Gasteiger partial charge in [-0.1, -0.05) is 0 Å². The first-order chi connectivity index (χ1) is 13.7. The minimum Gasteiger partial charge on any atom is -0.433 e. The number of anilines is 1. The van der Waals surface area contributed by atoms with E-state index in [1.54, 1.807) is 4.52 Å². The van der Waals surface area contributed by atoms with Crippen LogP contribution in [-0.2, 0) is 18.9 Å². The van der Waals surface area contributed by atoms with Crippen LogP contribution >= 0.6 is 0 Å². The molecule has 2 atom stereocenters. The third kappa shape index (κ3) is 4.34. The number of fused-ring (bicyclic) bond motifs is 1. The highest BCUT2D eigenvalue weighted by atomic mass is 16.7. The molecule has 152 valence electrons. The summed E-state index contributed by atoms with van der Waals surface area (Å²) in [6.07, 6.45) is 2.09. The quantitative estimate of drug-likeness (QED) is 0.721. The van der Waals surface area contributed by atoms with E-state index in [2.05, 4.69) is 15.0 Å². The number of hydrogen-bond acceptors (Lipinski definition) is 9. The van der Waals surface area contributed by atoms with Crippen molar-refractivity contribution in [3.8, 4) is 0 Å². The number of nitrogens with zero attached hydrogens (tertiary/aromatic N) is 4. The molecule has 2 aromatic heterocycles. The molecule has 2 saturated heterocycles. The highest BCUT2D eigenvalue weighted by Gasteiger charge is 2.30. The van der Waals surface area contributed by atoms with Crippen molar-refractivity contribution in [3.05, 3.63) is 24.2 Å². The minimum absolute atomic E-state index is 0.122. The van der Waals surface area contributed by atoms with Crippen LogP contribution in [0.4, 0.5) is 10.6 Å². The lowest BCUT2D eigenvalue weighted by molar-refractivity contribution is -0.0215. The first-order valence-corrected chi connectivity index (χ1v) is 9.54. The Balaban J connectivity index is 1.20. The van der Waals surface area contributed by atoms with Crippen LogP contribution in [0.15, 0.2) is 18.5 Å². The van der Waals surface area contributed by atoms with Gasteiger partial charge in [0.2, 0.25) is 0 Å². The smallest absolute Gasteiger partial charge is 0.433 e. The number of aromatic nitrogens is 3. The first-order valence-electron chi connectivity index (χ1n) is 9.54. The number of carbonyl (C=O) groups excluding carboxylic acids is 1. The van der Waals surface area contributed by atoms with Crippen molar-refractivity contribution in [1.29, 1.82) is 0 Å². The molecule has 2 N–H and O–H groups in total. The van der Waals surface area contributed by atoms with Crippen molar-refractivity contribution in [3.63, 3.8) is 0 Å². The summed E-state index contributed by atoms with van der Waals surface area (Å²) in [4.78, 5) is 18.0. The standard InChI is InChI=1S/C18H25N5O5/c19-17-15-3-2-14(23(15)21-12-20-17)16-4-1-13(28-16)11-27-18(24)26-10-7-22-5-8-25-9-6-22/h2-3,12-13,16H,1,4-11H2,(H2,19,20,21). The Morgan fingerprint density at radius 1 is 1.25 bits per heavy atom. The van der Waals surface area contributed by atoms with Crippen LogP contribution in [0.25, 0.3) is 5.52 Å². The number of hydrogen-bond donors (Lipinski definition) is 1. The van der Waals surface area contributed by atoms with Crippen molar-refractivity contribution >= 4 is 17.5 Å². The molecule has 0 aromatic carbocycles. The molecule has 2 aliphatic heterocycles. The summed E-state index contributed by atoms with van der Waals surface area (Å²) in [5, 5.41) is 4.25. The zero-order chi connectivity index (χ0) is 19.3. The zero-order valence-electron chi connectivity index (χ0n) is 15.7. The van der Waals surface area contributed by atoms with E-state index in [4.69, 9.17) is 24.7 Å². The van der Waals surface area contributed by atoms with Crippen LogP contribution in [0.5, 0.6) is 0 Å². The molecule has 2 aliphatic rings. The predicted octanol–water partition coefficient (Wildman–Crippen LogP) is 1.02. The lowest BCUT2D eigenvalue weighted by Crippen LogP contribution is -2.38. The number of ether oxygens (including phenoxy) is 4. The van der Waals surface area contributed by atoms with E-state index in [1.807, 2.05) is 12.1 Å². The topological polar surface area (TPSA) is 113 Å². The average Bonchev–Trinajstić information content (AvgIpc) is 3.35. The second-order valence-corrected chi connectivity index (χ2v) is 6.89. The van der Waals surface area contributed by atoms with Gasteiger partial charge in [-0.2, -0.15) is 5.10 Å². The fourth-order valence-electron chi connectivity index (χ4n) is 3.55. The van der Waals surface area contributed by atoms with Crippen molar-refractivity contribution in [2.75, 3.05) is 51.8 Å². The van der Waals surface area contributed by atoms with Crippen LogP contribution in [0.3, 0.4) is 0 Å². The maximum atomic E-state index is 11.8. The lowest BCUT2D eigenvalue weighted by Gasteiger charge is -2.26. The number of nitrogens with two attached hydrogens (primary N) is 1. The molecule has 0 bridgehead atoms. The molecule has 28 heavy (non-hydrogen) atoms. The molecule has 0 radical (unpaired) electrons. The minimum atomic E-state index is -0.658. The fourth-order valence-corrected chi connectivity index (χ4v) is 3.55. The van der Waals surface area contributed by atoms with Crippen LogP contribution in [0.2, 0.25) is 0 Å². The van der Waals surface area contributed by atoms with Crippen LogP contribution in [-0.4, -0.2) is 77.8 Å². The van der Waals surface area contributed by atoms with Crippen molar-refractivity contribution in [2.45, 2.75) is 25.0 Å². The Labute approximate surface area is 162 Å². The van der Waals surface area contributed by atoms with Crippen molar-refractivity contribution < 1.29 is 23.7 Å². The van der Waals surface area contributed by atoms with Gasteiger partial charge in [0.25, 0.3) is 0 Å². The van der Waals surface area contributed by atoms with Crippen molar-refractivity contribution in [2.24, 2.45) is 0 Å². The summed E-state index contributed by atoms with van der Waals surface area (Å²) in [5.41, 5.74) is 7.54. The summed E-state index contributed by atoms with van der Waals surface area (Å²) in [5.74, 6) is 0.430. The van der Waals surface area contributed by atoms with E-state index in [-0.39, 0.29) is 18.8 Å². The van der Waals surface area contributed by atoms with Gasteiger partial charge in [-0.25, -0.2) is 14.3 Å². The van der Waals surface area contributed by atoms with E-state index in [1.165, 1.54) is 6.33 Å². The van der Waals surface area contributed by atoms with E-state index >= 15 is 0 Å².